The van der Waals surface area contributed by atoms with Gasteiger partial charge in [0.2, 0.25) is 5.91 Å². The van der Waals surface area contributed by atoms with E-state index in [0.29, 0.717) is 4.88 Å². The molecular weight excluding hydrogens is 286 g/mol. The average molecular weight is 301 g/mol. The van der Waals surface area contributed by atoms with Crippen molar-refractivity contribution >= 4 is 39.0 Å². The lowest BCUT2D eigenvalue weighted by Gasteiger charge is -2.17. The fourth-order valence-electron chi connectivity index (χ4n) is 2.50. The van der Waals surface area contributed by atoms with Crippen LogP contribution >= 0.6 is 11.3 Å². The van der Waals surface area contributed by atoms with Crippen LogP contribution in [0.3, 0.4) is 0 Å². The van der Waals surface area contributed by atoms with Crippen LogP contribution in [-0.4, -0.2) is 17.0 Å². The zero-order valence-electron chi connectivity index (χ0n) is 11.3. The number of amides is 1. The molecule has 108 valence electrons. The highest BCUT2D eigenvalue weighted by Gasteiger charge is 2.19. The van der Waals surface area contributed by atoms with Gasteiger partial charge >= 0.3 is 5.97 Å². The summed E-state index contributed by atoms with van der Waals surface area (Å²) in [7, 11) is 0. The number of carbonyl (C=O) groups is 2. The second kappa shape index (κ2) is 5.69. The van der Waals surface area contributed by atoms with Crippen LogP contribution in [0.2, 0.25) is 0 Å². The molecule has 4 nitrogen and oxygen atoms in total. The van der Waals surface area contributed by atoms with Crippen LogP contribution in [0.4, 0.5) is 5.69 Å². The number of carboxylic acids is 1. The van der Waals surface area contributed by atoms with Crippen molar-refractivity contribution in [1.29, 1.82) is 0 Å². The second-order valence-electron chi connectivity index (χ2n) is 5.14. The van der Waals surface area contributed by atoms with Gasteiger partial charge in [-0.25, -0.2) is 4.79 Å². The quantitative estimate of drug-likeness (QED) is 0.845. The molecule has 1 aromatic carbocycles. The molecule has 1 aliphatic carbocycles. The van der Waals surface area contributed by atoms with Crippen molar-refractivity contribution in [2.45, 2.75) is 19.3 Å². The van der Waals surface area contributed by atoms with Crippen LogP contribution < -0.4 is 5.32 Å². The lowest BCUT2D eigenvalue weighted by molar-refractivity contribution is -0.120. The van der Waals surface area contributed by atoms with E-state index in [-0.39, 0.29) is 11.8 Å². The van der Waals surface area contributed by atoms with E-state index in [4.69, 9.17) is 5.11 Å². The van der Waals surface area contributed by atoms with Gasteiger partial charge in [0.15, 0.2) is 0 Å². The van der Waals surface area contributed by atoms with Crippen LogP contribution in [0, 0.1) is 5.92 Å². The van der Waals surface area contributed by atoms with Crippen LogP contribution in [-0.2, 0) is 4.79 Å². The SMILES string of the molecule is O=C(O)c1cc2cc(NC(=O)C3CC=CCC3)ccc2s1. The summed E-state index contributed by atoms with van der Waals surface area (Å²) >= 11 is 1.24. The van der Waals surface area contributed by atoms with E-state index in [0.717, 1.165) is 35.0 Å². The van der Waals surface area contributed by atoms with Gasteiger partial charge in [0.25, 0.3) is 0 Å². The minimum Gasteiger partial charge on any atom is -0.477 e. The number of fused-ring (bicyclic) bond motifs is 1. The van der Waals surface area contributed by atoms with Crippen molar-refractivity contribution < 1.29 is 14.7 Å². The molecule has 1 amide bonds. The number of hydrogen-bond acceptors (Lipinski definition) is 3. The summed E-state index contributed by atoms with van der Waals surface area (Å²) < 4.78 is 0.908. The molecule has 0 saturated carbocycles. The van der Waals surface area contributed by atoms with E-state index < -0.39 is 5.97 Å². The molecule has 1 aliphatic rings. The Bertz CT molecular complexity index is 732. The van der Waals surface area contributed by atoms with E-state index in [1.165, 1.54) is 11.3 Å². The molecule has 0 spiro atoms. The monoisotopic (exact) mass is 301 g/mol. The fourth-order valence-corrected chi connectivity index (χ4v) is 3.38. The van der Waals surface area contributed by atoms with Gasteiger partial charge < -0.3 is 10.4 Å². The number of aromatic carboxylic acids is 1. The Balaban J connectivity index is 1.79. The highest BCUT2D eigenvalue weighted by molar-refractivity contribution is 7.20. The number of carbonyl (C=O) groups excluding carboxylic acids is 1. The van der Waals surface area contributed by atoms with Crippen LogP contribution in [0.15, 0.2) is 36.4 Å². The molecule has 21 heavy (non-hydrogen) atoms. The minimum absolute atomic E-state index is 0.0303. The first-order chi connectivity index (χ1) is 10.1. The Morgan fingerprint density at radius 2 is 2.10 bits per heavy atom. The lowest BCUT2D eigenvalue weighted by atomic mass is 9.93. The number of anilines is 1. The minimum atomic E-state index is -0.921. The number of hydrogen-bond donors (Lipinski definition) is 2. The second-order valence-corrected chi connectivity index (χ2v) is 6.22. The van der Waals surface area contributed by atoms with Gasteiger partial charge in [0.05, 0.1) is 0 Å². The molecule has 2 aromatic rings. The molecule has 0 radical (unpaired) electrons. The molecule has 3 rings (SSSR count). The molecule has 1 heterocycles. The van der Waals surface area contributed by atoms with Crippen LogP contribution in [0.5, 0.6) is 0 Å². The first kappa shape index (κ1) is 13.8. The molecule has 0 aliphatic heterocycles. The predicted octanol–water partition coefficient (Wildman–Crippen LogP) is 3.89. The molecule has 0 bridgehead atoms. The van der Waals surface area contributed by atoms with Gasteiger partial charge in [0, 0.05) is 16.3 Å². The van der Waals surface area contributed by atoms with Crippen LogP contribution in [0.25, 0.3) is 10.1 Å². The molecule has 1 atom stereocenters. The van der Waals surface area contributed by atoms with Crippen molar-refractivity contribution in [2.24, 2.45) is 5.92 Å². The summed E-state index contributed by atoms with van der Waals surface area (Å²) in [5, 5.41) is 12.8. The molecule has 0 saturated heterocycles. The highest BCUT2D eigenvalue weighted by Crippen LogP contribution is 2.29. The maximum atomic E-state index is 12.2. The van der Waals surface area contributed by atoms with Gasteiger partial charge in [-0.1, -0.05) is 12.2 Å². The van der Waals surface area contributed by atoms with Gasteiger partial charge in [-0.2, -0.15) is 0 Å². The number of carboxylic acid groups (broad SMARTS) is 1. The zero-order chi connectivity index (χ0) is 14.8. The van der Waals surface area contributed by atoms with Gasteiger partial charge in [0.1, 0.15) is 4.88 Å². The number of thiophene rings is 1. The molecule has 0 fully saturated rings. The summed E-state index contributed by atoms with van der Waals surface area (Å²) in [6.45, 7) is 0. The van der Waals surface area contributed by atoms with Gasteiger partial charge in [-0.3, -0.25) is 4.79 Å². The van der Waals surface area contributed by atoms with Gasteiger partial charge in [-0.05, 0) is 48.9 Å². The van der Waals surface area contributed by atoms with E-state index in [9.17, 15) is 9.59 Å². The predicted molar refractivity (Wildman–Crippen MR) is 83.9 cm³/mol. The number of nitrogens with one attached hydrogen (secondary N) is 1. The van der Waals surface area contributed by atoms with E-state index in [1.54, 1.807) is 6.07 Å². The highest BCUT2D eigenvalue weighted by atomic mass is 32.1. The first-order valence-corrected chi connectivity index (χ1v) is 7.68. The Labute approximate surface area is 126 Å². The number of rotatable bonds is 3. The normalized spacial score (nSPS) is 17.8. The first-order valence-electron chi connectivity index (χ1n) is 6.86. The smallest absolute Gasteiger partial charge is 0.345 e. The van der Waals surface area contributed by atoms with Crippen molar-refractivity contribution in [1.82, 2.24) is 0 Å². The topological polar surface area (TPSA) is 66.4 Å². The maximum absolute atomic E-state index is 12.2. The maximum Gasteiger partial charge on any atom is 0.345 e. The standard InChI is InChI=1S/C16H15NO3S/c18-15(10-4-2-1-3-5-10)17-12-6-7-13-11(8-12)9-14(21-13)16(19)20/h1-2,6-10H,3-5H2,(H,17,18)(H,19,20). The van der Waals surface area contributed by atoms with Crippen molar-refractivity contribution in [3.63, 3.8) is 0 Å². The third-order valence-electron chi connectivity index (χ3n) is 3.63. The molecular formula is C16H15NO3S. The third kappa shape index (κ3) is 2.97. The molecule has 1 aromatic heterocycles. The number of allylic oxidation sites excluding steroid dienone is 2. The summed E-state index contributed by atoms with van der Waals surface area (Å²) in [4.78, 5) is 23.5. The zero-order valence-corrected chi connectivity index (χ0v) is 12.2. The van der Waals surface area contributed by atoms with Crippen molar-refractivity contribution in [2.75, 3.05) is 5.32 Å². The van der Waals surface area contributed by atoms with E-state index in [1.807, 2.05) is 18.2 Å². The number of benzene rings is 1. The van der Waals surface area contributed by atoms with Crippen LogP contribution in [0.1, 0.15) is 28.9 Å². The fraction of sp³-hybridized carbons (Fsp3) is 0.250. The van der Waals surface area contributed by atoms with Gasteiger partial charge in [-0.15, -0.1) is 11.3 Å². The lowest BCUT2D eigenvalue weighted by Crippen LogP contribution is -2.23. The molecule has 2 N–H and O–H groups in total. The largest absolute Gasteiger partial charge is 0.477 e. The Morgan fingerprint density at radius 1 is 1.24 bits per heavy atom. The molecule has 1 unspecified atom stereocenters. The average Bonchev–Trinajstić information content (AvgIpc) is 2.91. The summed E-state index contributed by atoms with van der Waals surface area (Å²) in [6, 6.07) is 7.14. The Kier molecular flexibility index (Phi) is 3.75. The van der Waals surface area contributed by atoms with E-state index in [2.05, 4.69) is 17.5 Å². The summed E-state index contributed by atoms with van der Waals surface area (Å²) in [5.74, 6) is -0.856. The summed E-state index contributed by atoms with van der Waals surface area (Å²) in [5.41, 5.74) is 0.719. The molecule has 5 heteroatoms. The van der Waals surface area contributed by atoms with E-state index >= 15 is 0 Å². The van der Waals surface area contributed by atoms with Crippen molar-refractivity contribution in [3.8, 4) is 0 Å². The third-order valence-corrected chi connectivity index (χ3v) is 4.74. The summed E-state index contributed by atoms with van der Waals surface area (Å²) in [6.07, 6.45) is 6.77. The van der Waals surface area contributed by atoms with Crippen molar-refractivity contribution in [3.05, 3.63) is 41.3 Å². The Hall–Kier alpha value is -2.14. The Morgan fingerprint density at radius 3 is 2.81 bits per heavy atom.